The zero-order chi connectivity index (χ0) is 18.2. The molecule has 1 saturated carbocycles. The van der Waals surface area contributed by atoms with Crippen LogP contribution in [-0.4, -0.2) is 33.0 Å². The van der Waals surface area contributed by atoms with Crippen molar-refractivity contribution >= 4 is 5.91 Å². The zero-order valence-electron chi connectivity index (χ0n) is 13.5. The summed E-state index contributed by atoms with van der Waals surface area (Å²) in [5.41, 5.74) is 4.11. The standard InChI is InChI=1S/C16H18F3N5O/c1-15(9-20,10-6-7-10)21-14(25)12-8-24(23-22-12)13-5-3-2-4-11(13)16(17,18)19/h2-5,8,10H,6-7,9,20H2,1H3,(H,21,25). The van der Waals surface area contributed by atoms with E-state index in [4.69, 9.17) is 5.73 Å². The van der Waals surface area contributed by atoms with Crippen LogP contribution in [0.4, 0.5) is 13.2 Å². The molecular formula is C16H18F3N5O. The Morgan fingerprint density at radius 2 is 2.04 bits per heavy atom. The quantitative estimate of drug-likeness (QED) is 0.862. The van der Waals surface area contributed by atoms with Crippen LogP contribution in [0.2, 0.25) is 0 Å². The lowest BCUT2D eigenvalue weighted by Gasteiger charge is -2.28. The summed E-state index contributed by atoms with van der Waals surface area (Å²) in [4.78, 5) is 12.4. The number of carbonyl (C=O) groups excluding carboxylic acids is 1. The van der Waals surface area contributed by atoms with Crippen LogP contribution in [0.25, 0.3) is 5.69 Å². The number of amides is 1. The first kappa shape index (κ1) is 17.4. The van der Waals surface area contributed by atoms with Gasteiger partial charge in [0.15, 0.2) is 5.69 Å². The molecule has 1 heterocycles. The maximum absolute atomic E-state index is 13.1. The molecular weight excluding hydrogens is 335 g/mol. The Morgan fingerprint density at radius 1 is 1.36 bits per heavy atom. The number of para-hydroxylation sites is 1. The van der Waals surface area contributed by atoms with E-state index in [0.717, 1.165) is 23.6 Å². The molecule has 1 aromatic carbocycles. The van der Waals surface area contributed by atoms with Gasteiger partial charge in [0.05, 0.1) is 23.0 Å². The van der Waals surface area contributed by atoms with Crippen molar-refractivity contribution in [1.82, 2.24) is 20.3 Å². The number of nitrogens with one attached hydrogen (secondary N) is 1. The van der Waals surface area contributed by atoms with Gasteiger partial charge in [-0.15, -0.1) is 5.10 Å². The van der Waals surface area contributed by atoms with Crippen molar-refractivity contribution in [3.8, 4) is 5.69 Å². The van der Waals surface area contributed by atoms with E-state index in [1.54, 1.807) is 0 Å². The normalized spacial score (nSPS) is 17.2. The fourth-order valence-electron chi connectivity index (χ4n) is 2.76. The average molecular weight is 353 g/mol. The first-order valence-corrected chi connectivity index (χ1v) is 7.86. The van der Waals surface area contributed by atoms with E-state index in [1.165, 1.54) is 24.4 Å². The van der Waals surface area contributed by atoms with Gasteiger partial charge in [0.25, 0.3) is 5.91 Å². The molecule has 134 valence electrons. The molecule has 2 aromatic rings. The molecule has 1 aliphatic rings. The molecule has 1 aliphatic carbocycles. The summed E-state index contributed by atoms with van der Waals surface area (Å²) in [6.07, 6.45) is -1.38. The highest BCUT2D eigenvalue weighted by atomic mass is 19.4. The van der Waals surface area contributed by atoms with Gasteiger partial charge in [-0.25, -0.2) is 4.68 Å². The summed E-state index contributed by atoms with van der Waals surface area (Å²) in [5, 5.41) is 10.2. The second-order valence-corrected chi connectivity index (χ2v) is 6.41. The Balaban J connectivity index is 1.85. The average Bonchev–Trinajstić information content (AvgIpc) is 3.32. The predicted molar refractivity (Wildman–Crippen MR) is 84.0 cm³/mol. The number of alkyl halides is 3. The maximum Gasteiger partial charge on any atom is 0.418 e. The fraction of sp³-hybridized carbons (Fsp3) is 0.438. The van der Waals surface area contributed by atoms with Gasteiger partial charge >= 0.3 is 6.18 Å². The lowest BCUT2D eigenvalue weighted by atomic mass is 9.96. The molecule has 0 radical (unpaired) electrons. The third kappa shape index (κ3) is 3.51. The molecule has 3 rings (SSSR count). The molecule has 1 atom stereocenters. The lowest BCUT2D eigenvalue weighted by Crippen LogP contribution is -2.53. The van der Waals surface area contributed by atoms with Crippen molar-refractivity contribution in [1.29, 1.82) is 0 Å². The van der Waals surface area contributed by atoms with E-state index in [-0.39, 0.29) is 17.9 Å². The van der Waals surface area contributed by atoms with Crippen molar-refractivity contribution in [3.63, 3.8) is 0 Å². The molecule has 0 saturated heterocycles. The third-order valence-corrected chi connectivity index (χ3v) is 4.48. The zero-order valence-corrected chi connectivity index (χ0v) is 13.5. The van der Waals surface area contributed by atoms with Gasteiger partial charge < -0.3 is 11.1 Å². The van der Waals surface area contributed by atoms with Crippen LogP contribution >= 0.6 is 0 Å². The summed E-state index contributed by atoms with van der Waals surface area (Å²) in [6.45, 7) is 2.13. The summed E-state index contributed by atoms with van der Waals surface area (Å²) < 4.78 is 40.3. The second-order valence-electron chi connectivity index (χ2n) is 6.41. The minimum absolute atomic E-state index is 0.0581. The van der Waals surface area contributed by atoms with Gasteiger partial charge in [-0.2, -0.15) is 13.2 Å². The van der Waals surface area contributed by atoms with E-state index < -0.39 is 23.2 Å². The fourth-order valence-corrected chi connectivity index (χ4v) is 2.76. The van der Waals surface area contributed by atoms with E-state index in [1.807, 2.05) is 6.92 Å². The van der Waals surface area contributed by atoms with Crippen LogP contribution in [0.15, 0.2) is 30.5 Å². The number of nitrogens with two attached hydrogens (primary N) is 1. The molecule has 1 aromatic heterocycles. The molecule has 1 unspecified atom stereocenters. The predicted octanol–water partition coefficient (Wildman–Crippen LogP) is 2.14. The largest absolute Gasteiger partial charge is 0.418 e. The number of carbonyl (C=O) groups is 1. The number of hydrogen-bond donors (Lipinski definition) is 2. The molecule has 1 fully saturated rings. The van der Waals surface area contributed by atoms with Gasteiger partial charge in [0.2, 0.25) is 0 Å². The van der Waals surface area contributed by atoms with Gasteiger partial charge in [0.1, 0.15) is 0 Å². The summed E-state index contributed by atoms with van der Waals surface area (Å²) >= 11 is 0. The maximum atomic E-state index is 13.1. The molecule has 9 heteroatoms. The van der Waals surface area contributed by atoms with Gasteiger partial charge in [-0.05, 0) is 37.8 Å². The topological polar surface area (TPSA) is 85.8 Å². The highest BCUT2D eigenvalue weighted by molar-refractivity contribution is 5.92. The van der Waals surface area contributed by atoms with Crippen molar-refractivity contribution in [2.45, 2.75) is 31.5 Å². The lowest BCUT2D eigenvalue weighted by molar-refractivity contribution is -0.137. The highest BCUT2D eigenvalue weighted by Crippen LogP contribution is 2.39. The third-order valence-electron chi connectivity index (χ3n) is 4.48. The Kier molecular flexibility index (Phi) is 4.28. The van der Waals surface area contributed by atoms with Crippen LogP contribution in [0.3, 0.4) is 0 Å². The van der Waals surface area contributed by atoms with Crippen molar-refractivity contribution in [2.75, 3.05) is 6.54 Å². The van der Waals surface area contributed by atoms with Gasteiger partial charge in [-0.1, -0.05) is 17.3 Å². The van der Waals surface area contributed by atoms with Crippen LogP contribution in [0.1, 0.15) is 35.8 Å². The summed E-state index contributed by atoms with van der Waals surface area (Å²) in [6, 6.07) is 4.98. The van der Waals surface area contributed by atoms with E-state index in [9.17, 15) is 18.0 Å². The van der Waals surface area contributed by atoms with E-state index >= 15 is 0 Å². The smallest absolute Gasteiger partial charge is 0.344 e. The van der Waals surface area contributed by atoms with Gasteiger partial charge in [0, 0.05) is 6.54 Å². The highest BCUT2D eigenvalue weighted by Gasteiger charge is 2.42. The summed E-state index contributed by atoms with van der Waals surface area (Å²) in [7, 11) is 0. The first-order valence-electron chi connectivity index (χ1n) is 7.86. The number of hydrogen-bond acceptors (Lipinski definition) is 4. The van der Waals surface area contributed by atoms with Crippen LogP contribution in [-0.2, 0) is 6.18 Å². The minimum Gasteiger partial charge on any atom is -0.344 e. The van der Waals surface area contributed by atoms with Crippen molar-refractivity contribution in [2.24, 2.45) is 11.7 Å². The second kappa shape index (κ2) is 6.14. The van der Waals surface area contributed by atoms with Crippen LogP contribution in [0.5, 0.6) is 0 Å². The number of aromatic nitrogens is 3. The van der Waals surface area contributed by atoms with Gasteiger partial charge in [-0.3, -0.25) is 4.79 Å². The molecule has 0 spiro atoms. The van der Waals surface area contributed by atoms with Crippen molar-refractivity contribution < 1.29 is 18.0 Å². The van der Waals surface area contributed by atoms with E-state index in [2.05, 4.69) is 15.6 Å². The molecule has 0 bridgehead atoms. The monoisotopic (exact) mass is 353 g/mol. The first-order chi connectivity index (χ1) is 11.7. The minimum atomic E-state index is -4.53. The Labute approximate surface area is 142 Å². The van der Waals surface area contributed by atoms with E-state index in [0.29, 0.717) is 5.92 Å². The molecule has 1 amide bonds. The Hall–Kier alpha value is -2.42. The summed E-state index contributed by atoms with van der Waals surface area (Å²) in [5.74, 6) is -0.196. The van der Waals surface area contributed by atoms with Crippen LogP contribution < -0.4 is 11.1 Å². The molecule has 6 nitrogen and oxygen atoms in total. The Bertz CT molecular complexity index is 784. The number of nitrogens with zero attached hydrogens (tertiary/aromatic N) is 3. The van der Waals surface area contributed by atoms with Crippen LogP contribution in [0, 0.1) is 5.92 Å². The van der Waals surface area contributed by atoms with Crippen molar-refractivity contribution in [3.05, 3.63) is 41.7 Å². The number of benzene rings is 1. The molecule has 25 heavy (non-hydrogen) atoms. The SMILES string of the molecule is CC(CN)(NC(=O)c1cn(-c2ccccc2C(F)(F)F)nn1)C1CC1. The molecule has 3 N–H and O–H groups in total. The Morgan fingerprint density at radius 3 is 2.64 bits per heavy atom. The number of halogens is 3. The molecule has 0 aliphatic heterocycles. The number of rotatable bonds is 5.